The molecule has 0 aliphatic heterocycles. The molecular weight excluding hydrogens is 288 g/mol. The molecular formula is C20H18OS. The predicted octanol–water partition coefficient (Wildman–Crippen LogP) is 5.25. The molecule has 0 radical (unpaired) electrons. The maximum atomic E-state index is 10.9. The van der Waals surface area contributed by atoms with E-state index in [0.717, 1.165) is 16.0 Å². The van der Waals surface area contributed by atoms with Gasteiger partial charge in [0.25, 0.3) is 0 Å². The lowest BCUT2D eigenvalue weighted by Crippen LogP contribution is -2.08. The van der Waals surface area contributed by atoms with E-state index in [4.69, 9.17) is 0 Å². The van der Waals surface area contributed by atoms with Gasteiger partial charge in [-0.15, -0.1) is 11.8 Å². The Bertz CT molecular complexity index is 683. The third kappa shape index (κ3) is 3.59. The van der Waals surface area contributed by atoms with Crippen LogP contribution in [0.1, 0.15) is 22.5 Å². The van der Waals surface area contributed by atoms with Crippen molar-refractivity contribution in [3.05, 3.63) is 102 Å². The van der Waals surface area contributed by atoms with Crippen LogP contribution in [0.2, 0.25) is 0 Å². The Hall–Kier alpha value is -2.03. The molecule has 0 saturated carbocycles. The first kappa shape index (κ1) is 14.9. The Morgan fingerprint density at radius 3 is 1.59 bits per heavy atom. The van der Waals surface area contributed by atoms with E-state index < -0.39 is 6.10 Å². The van der Waals surface area contributed by atoms with Crippen molar-refractivity contribution >= 4 is 11.8 Å². The molecule has 0 amide bonds. The summed E-state index contributed by atoms with van der Waals surface area (Å²) in [6, 6.07) is 30.3. The number of rotatable bonds is 5. The summed E-state index contributed by atoms with van der Waals surface area (Å²) in [5, 5.41) is 10.8. The van der Waals surface area contributed by atoms with Gasteiger partial charge < -0.3 is 5.11 Å². The molecule has 0 heterocycles. The number of benzene rings is 3. The van der Waals surface area contributed by atoms with Gasteiger partial charge in [-0.3, -0.25) is 0 Å². The molecule has 1 N–H and O–H groups in total. The monoisotopic (exact) mass is 306 g/mol. The van der Waals surface area contributed by atoms with Crippen molar-refractivity contribution < 1.29 is 5.11 Å². The Kier molecular flexibility index (Phi) is 4.94. The summed E-state index contributed by atoms with van der Waals surface area (Å²) in [7, 11) is 0. The minimum Gasteiger partial charge on any atom is -0.387 e. The molecule has 2 atom stereocenters. The Labute approximate surface area is 135 Å². The third-order valence-electron chi connectivity index (χ3n) is 3.56. The lowest BCUT2D eigenvalue weighted by molar-refractivity contribution is 0.175. The van der Waals surface area contributed by atoms with Crippen LogP contribution < -0.4 is 0 Å². The molecule has 0 aliphatic carbocycles. The highest BCUT2D eigenvalue weighted by atomic mass is 32.2. The average molecular weight is 306 g/mol. The van der Waals surface area contributed by atoms with E-state index in [1.807, 2.05) is 66.7 Å². The molecule has 0 unspecified atom stereocenters. The van der Waals surface area contributed by atoms with Crippen molar-refractivity contribution in [2.75, 3.05) is 0 Å². The van der Waals surface area contributed by atoms with Crippen LogP contribution in [-0.2, 0) is 0 Å². The van der Waals surface area contributed by atoms with E-state index >= 15 is 0 Å². The molecule has 0 saturated heterocycles. The number of hydrogen-bond acceptors (Lipinski definition) is 2. The van der Waals surface area contributed by atoms with Crippen molar-refractivity contribution in [1.29, 1.82) is 0 Å². The SMILES string of the molecule is O[C@@H](c1ccccc1)[C@H](Sc1ccccc1)c1ccccc1. The number of thioether (sulfide) groups is 1. The number of aliphatic hydroxyl groups excluding tert-OH is 1. The molecule has 22 heavy (non-hydrogen) atoms. The Morgan fingerprint density at radius 2 is 1.05 bits per heavy atom. The van der Waals surface area contributed by atoms with E-state index in [1.54, 1.807) is 11.8 Å². The second-order valence-corrected chi connectivity index (χ2v) is 6.33. The maximum absolute atomic E-state index is 10.9. The van der Waals surface area contributed by atoms with Crippen LogP contribution in [0.25, 0.3) is 0 Å². The van der Waals surface area contributed by atoms with Crippen LogP contribution >= 0.6 is 11.8 Å². The van der Waals surface area contributed by atoms with E-state index in [-0.39, 0.29) is 5.25 Å². The molecule has 1 nitrogen and oxygen atoms in total. The third-order valence-corrected chi connectivity index (χ3v) is 4.89. The number of hydrogen-bond donors (Lipinski definition) is 1. The second-order valence-electron chi connectivity index (χ2n) is 5.12. The normalized spacial score (nSPS) is 13.5. The van der Waals surface area contributed by atoms with Crippen LogP contribution in [-0.4, -0.2) is 5.11 Å². The molecule has 0 bridgehead atoms. The van der Waals surface area contributed by atoms with Crippen molar-refractivity contribution in [2.24, 2.45) is 0 Å². The summed E-state index contributed by atoms with van der Waals surface area (Å²) in [4.78, 5) is 1.16. The van der Waals surface area contributed by atoms with Gasteiger partial charge in [0.1, 0.15) is 0 Å². The largest absolute Gasteiger partial charge is 0.387 e. The van der Waals surface area contributed by atoms with Gasteiger partial charge in [0.2, 0.25) is 0 Å². The first-order valence-corrected chi connectivity index (χ1v) is 8.22. The van der Waals surface area contributed by atoms with Crippen LogP contribution in [0, 0.1) is 0 Å². The minimum atomic E-state index is -0.547. The highest BCUT2D eigenvalue weighted by Gasteiger charge is 2.23. The topological polar surface area (TPSA) is 20.2 Å². The average Bonchev–Trinajstić information content (AvgIpc) is 2.61. The van der Waals surface area contributed by atoms with Gasteiger partial charge in [0.15, 0.2) is 0 Å². The van der Waals surface area contributed by atoms with Crippen LogP contribution in [0.4, 0.5) is 0 Å². The van der Waals surface area contributed by atoms with Crippen molar-refractivity contribution in [3.8, 4) is 0 Å². The summed E-state index contributed by atoms with van der Waals surface area (Å²) in [6.45, 7) is 0. The molecule has 0 spiro atoms. The van der Waals surface area contributed by atoms with Gasteiger partial charge >= 0.3 is 0 Å². The highest BCUT2D eigenvalue weighted by molar-refractivity contribution is 7.99. The predicted molar refractivity (Wildman–Crippen MR) is 92.9 cm³/mol. The molecule has 3 aromatic carbocycles. The molecule has 0 fully saturated rings. The van der Waals surface area contributed by atoms with E-state index in [1.165, 1.54) is 0 Å². The van der Waals surface area contributed by atoms with E-state index in [9.17, 15) is 5.11 Å². The standard InChI is InChI=1S/C20H18OS/c21-19(16-10-4-1-5-11-16)20(17-12-6-2-7-13-17)22-18-14-8-3-9-15-18/h1-15,19-21H/t19-,20+/m0/s1. The van der Waals surface area contributed by atoms with Gasteiger partial charge in [-0.1, -0.05) is 78.9 Å². The fourth-order valence-corrected chi connectivity index (χ4v) is 3.61. The highest BCUT2D eigenvalue weighted by Crippen LogP contribution is 2.43. The van der Waals surface area contributed by atoms with Gasteiger partial charge in [0.05, 0.1) is 11.4 Å². The zero-order valence-corrected chi connectivity index (χ0v) is 13.0. The first-order valence-electron chi connectivity index (χ1n) is 7.34. The molecule has 0 aliphatic rings. The zero-order chi connectivity index (χ0) is 15.2. The van der Waals surface area contributed by atoms with E-state index in [2.05, 4.69) is 24.3 Å². The molecule has 2 heteroatoms. The Morgan fingerprint density at radius 1 is 0.591 bits per heavy atom. The summed E-state index contributed by atoms with van der Waals surface area (Å²) < 4.78 is 0. The molecule has 110 valence electrons. The second kappa shape index (κ2) is 7.30. The summed E-state index contributed by atoms with van der Waals surface area (Å²) >= 11 is 1.69. The quantitative estimate of drug-likeness (QED) is 0.649. The summed E-state index contributed by atoms with van der Waals surface area (Å²) in [6.07, 6.45) is -0.547. The van der Waals surface area contributed by atoms with Crippen molar-refractivity contribution in [1.82, 2.24) is 0 Å². The van der Waals surface area contributed by atoms with E-state index in [0.29, 0.717) is 0 Å². The van der Waals surface area contributed by atoms with Gasteiger partial charge in [-0.25, -0.2) is 0 Å². The van der Waals surface area contributed by atoms with Crippen LogP contribution in [0.3, 0.4) is 0 Å². The maximum Gasteiger partial charge on any atom is 0.0952 e. The summed E-state index contributed by atoms with van der Waals surface area (Å²) in [5.41, 5.74) is 2.08. The fourth-order valence-electron chi connectivity index (χ4n) is 2.43. The fraction of sp³-hybridized carbons (Fsp3) is 0.100. The van der Waals surface area contributed by atoms with Gasteiger partial charge in [-0.05, 0) is 23.3 Å². The van der Waals surface area contributed by atoms with Crippen molar-refractivity contribution in [2.45, 2.75) is 16.2 Å². The smallest absolute Gasteiger partial charge is 0.0952 e. The van der Waals surface area contributed by atoms with Gasteiger partial charge in [-0.2, -0.15) is 0 Å². The minimum absolute atomic E-state index is 0.0361. The molecule has 3 rings (SSSR count). The lowest BCUT2D eigenvalue weighted by atomic mass is 10.0. The molecule has 0 aromatic heterocycles. The summed E-state index contributed by atoms with van der Waals surface area (Å²) in [5.74, 6) is 0. The first-order chi connectivity index (χ1) is 10.8. The van der Waals surface area contributed by atoms with Gasteiger partial charge in [0, 0.05) is 4.90 Å². The lowest BCUT2D eigenvalue weighted by Gasteiger charge is -2.23. The molecule has 3 aromatic rings. The van der Waals surface area contributed by atoms with Crippen molar-refractivity contribution in [3.63, 3.8) is 0 Å². The Balaban J connectivity index is 1.93. The zero-order valence-electron chi connectivity index (χ0n) is 12.2. The van der Waals surface area contributed by atoms with Crippen LogP contribution in [0.5, 0.6) is 0 Å². The van der Waals surface area contributed by atoms with Crippen LogP contribution in [0.15, 0.2) is 95.9 Å². The number of aliphatic hydroxyl groups is 1.